The quantitative estimate of drug-likeness (QED) is 0.682. The highest BCUT2D eigenvalue weighted by molar-refractivity contribution is 5.93. The van der Waals surface area contributed by atoms with Gasteiger partial charge in [0, 0.05) is 34.9 Å². The lowest BCUT2D eigenvalue weighted by atomic mass is 10.2. The van der Waals surface area contributed by atoms with Gasteiger partial charge in [-0.05, 0) is 44.5 Å². The number of hydrogen-bond acceptors (Lipinski definition) is 2. The van der Waals surface area contributed by atoms with E-state index < -0.39 is 0 Å². The first kappa shape index (κ1) is 13.4. The van der Waals surface area contributed by atoms with Crippen molar-refractivity contribution in [2.75, 3.05) is 11.9 Å². The van der Waals surface area contributed by atoms with E-state index in [4.69, 9.17) is 5.11 Å². The van der Waals surface area contributed by atoms with Crippen LogP contribution in [0.2, 0.25) is 0 Å². The minimum atomic E-state index is -0.257. The predicted octanol–water partition coefficient (Wildman–Crippen LogP) is 2.37. The highest BCUT2D eigenvalue weighted by atomic mass is 16.3. The zero-order chi connectivity index (χ0) is 13.8. The van der Waals surface area contributed by atoms with Gasteiger partial charge in [0.1, 0.15) is 0 Å². The fourth-order valence-corrected chi connectivity index (χ4v) is 2.01. The lowest BCUT2D eigenvalue weighted by Crippen LogP contribution is -2.36. The topological polar surface area (TPSA) is 77.2 Å². The van der Waals surface area contributed by atoms with Crippen molar-refractivity contribution in [1.29, 1.82) is 0 Å². The van der Waals surface area contributed by atoms with Crippen molar-refractivity contribution < 1.29 is 9.90 Å². The molecule has 0 fully saturated rings. The Morgan fingerprint density at radius 1 is 1.42 bits per heavy atom. The number of amides is 2. The van der Waals surface area contributed by atoms with E-state index in [1.807, 2.05) is 38.1 Å². The minimum Gasteiger partial charge on any atom is -0.396 e. The Kier molecular flexibility index (Phi) is 4.06. The van der Waals surface area contributed by atoms with Gasteiger partial charge in [-0.3, -0.25) is 0 Å². The number of carbonyl (C=O) groups excluding carboxylic acids is 1. The number of anilines is 1. The Balaban J connectivity index is 2.02. The van der Waals surface area contributed by atoms with Gasteiger partial charge in [-0.2, -0.15) is 0 Å². The maximum absolute atomic E-state index is 11.7. The monoisotopic (exact) mass is 261 g/mol. The van der Waals surface area contributed by atoms with E-state index in [-0.39, 0.29) is 18.7 Å². The molecule has 0 aliphatic heterocycles. The smallest absolute Gasteiger partial charge is 0.319 e. The molecular weight excluding hydrogens is 242 g/mol. The lowest BCUT2D eigenvalue weighted by molar-refractivity contribution is 0.241. The van der Waals surface area contributed by atoms with E-state index in [1.54, 1.807) is 0 Å². The van der Waals surface area contributed by atoms with Gasteiger partial charge in [0.15, 0.2) is 0 Å². The first-order valence-corrected chi connectivity index (χ1v) is 6.36. The van der Waals surface area contributed by atoms with Gasteiger partial charge in [-0.1, -0.05) is 0 Å². The molecule has 0 radical (unpaired) electrons. The molecule has 0 aliphatic rings. The third-order valence-electron chi connectivity index (χ3n) is 2.95. The van der Waals surface area contributed by atoms with Gasteiger partial charge in [-0.25, -0.2) is 4.79 Å². The van der Waals surface area contributed by atoms with Gasteiger partial charge in [-0.15, -0.1) is 0 Å². The van der Waals surface area contributed by atoms with Crippen molar-refractivity contribution in [3.05, 3.63) is 30.0 Å². The molecule has 2 rings (SSSR count). The Hall–Kier alpha value is -2.01. The molecule has 1 aromatic carbocycles. The largest absolute Gasteiger partial charge is 0.396 e. The number of aromatic nitrogens is 1. The van der Waals surface area contributed by atoms with E-state index in [0.29, 0.717) is 6.42 Å². The third-order valence-corrected chi connectivity index (χ3v) is 2.95. The molecule has 2 aromatic rings. The van der Waals surface area contributed by atoms with Crippen LogP contribution < -0.4 is 10.6 Å². The number of H-pyrrole nitrogens is 1. The molecule has 4 N–H and O–H groups in total. The summed E-state index contributed by atoms with van der Waals surface area (Å²) in [5.41, 5.74) is 2.89. The van der Waals surface area contributed by atoms with Gasteiger partial charge < -0.3 is 20.7 Å². The number of aliphatic hydroxyl groups excluding tert-OH is 1. The van der Waals surface area contributed by atoms with Crippen molar-refractivity contribution in [3.63, 3.8) is 0 Å². The molecule has 0 unspecified atom stereocenters. The van der Waals surface area contributed by atoms with Crippen LogP contribution >= 0.6 is 0 Å². The molecule has 2 amide bonds. The summed E-state index contributed by atoms with van der Waals surface area (Å²) in [6.45, 7) is 3.92. The van der Waals surface area contributed by atoms with Crippen LogP contribution in [0.3, 0.4) is 0 Å². The second-order valence-corrected chi connectivity index (χ2v) is 4.77. The summed E-state index contributed by atoms with van der Waals surface area (Å²) in [5, 5.41) is 15.4. The SMILES string of the molecule is Cc1cc2cc(NC(=O)N[C@H](C)CCO)ccc2[nH]1. The second-order valence-electron chi connectivity index (χ2n) is 4.77. The molecule has 102 valence electrons. The first-order valence-electron chi connectivity index (χ1n) is 6.36. The normalized spacial score (nSPS) is 12.4. The van der Waals surface area contributed by atoms with Crippen molar-refractivity contribution in [2.45, 2.75) is 26.3 Å². The predicted molar refractivity (Wildman–Crippen MR) is 76.4 cm³/mol. The van der Waals surface area contributed by atoms with E-state index in [0.717, 1.165) is 22.3 Å². The summed E-state index contributed by atoms with van der Waals surface area (Å²) in [7, 11) is 0. The number of benzene rings is 1. The van der Waals surface area contributed by atoms with Gasteiger partial charge >= 0.3 is 6.03 Å². The summed E-state index contributed by atoms with van der Waals surface area (Å²) < 4.78 is 0. The Labute approximate surface area is 112 Å². The lowest BCUT2D eigenvalue weighted by Gasteiger charge is -2.13. The Morgan fingerprint density at radius 2 is 2.21 bits per heavy atom. The number of aliphatic hydroxyl groups is 1. The Morgan fingerprint density at radius 3 is 2.95 bits per heavy atom. The minimum absolute atomic E-state index is 0.0526. The van der Waals surface area contributed by atoms with Crippen LogP contribution in [0.1, 0.15) is 19.0 Å². The molecule has 5 heteroatoms. The van der Waals surface area contributed by atoms with Gasteiger partial charge in [0.2, 0.25) is 0 Å². The van der Waals surface area contributed by atoms with Crippen LogP contribution in [0, 0.1) is 6.92 Å². The molecule has 19 heavy (non-hydrogen) atoms. The summed E-state index contributed by atoms with van der Waals surface area (Å²) in [4.78, 5) is 15.0. The highest BCUT2D eigenvalue weighted by Crippen LogP contribution is 2.19. The number of aryl methyl sites for hydroxylation is 1. The number of rotatable bonds is 4. The number of aromatic amines is 1. The molecule has 5 nitrogen and oxygen atoms in total. The average molecular weight is 261 g/mol. The van der Waals surface area contributed by atoms with Crippen LogP contribution in [0.15, 0.2) is 24.3 Å². The average Bonchev–Trinajstić information content (AvgIpc) is 2.68. The number of urea groups is 1. The summed E-state index contributed by atoms with van der Waals surface area (Å²) in [6.07, 6.45) is 0.545. The number of nitrogens with one attached hydrogen (secondary N) is 3. The molecule has 0 aliphatic carbocycles. The molecule has 0 bridgehead atoms. The summed E-state index contributed by atoms with van der Waals surface area (Å²) in [6, 6.07) is 7.45. The van der Waals surface area contributed by atoms with Crippen LogP contribution in [-0.2, 0) is 0 Å². The van der Waals surface area contributed by atoms with Gasteiger partial charge in [0.05, 0.1) is 0 Å². The fraction of sp³-hybridized carbons (Fsp3) is 0.357. The maximum atomic E-state index is 11.7. The molecule has 0 spiro atoms. The standard InChI is InChI=1S/C14H19N3O2/c1-9(5-6-18)16-14(19)17-12-3-4-13-11(8-12)7-10(2)15-13/h3-4,7-9,15,18H,5-6H2,1-2H3,(H2,16,17,19)/t9-/m1/s1. The van der Waals surface area contributed by atoms with Gasteiger partial charge in [0.25, 0.3) is 0 Å². The third kappa shape index (κ3) is 3.48. The van der Waals surface area contributed by atoms with Crippen molar-refractivity contribution in [2.24, 2.45) is 0 Å². The van der Waals surface area contributed by atoms with Crippen molar-refractivity contribution >= 4 is 22.6 Å². The number of hydrogen-bond donors (Lipinski definition) is 4. The molecule has 0 saturated carbocycles. The molecular formula is C14H19N3O2. The number of carbonyl (C=O) groups is 1. The van der Waals surface area contributed by atoms with Crippen LogP contribution in [0.25, 0.3) is 10.9 Å². The Bertz CT molecular complexity index is 577. The molecule has 1 aromatic heterocycles. The fourth-order valence-electron chi connectivity index (χ4n) is 2.01. The highest BCUT2D eigenvalue weighted by Gasteiger charge is 2.07. The number of fused-ring (bicyclic) bond motifs is 1. The zero-order valence-electron chi connectivity index (χ0n) is 11.2. The van der Waals surface area contributed by atoms with Crippen molar-refractivity contribution in [3.8, 4) is 0 Å². The summed E-state index contributed by atoms with van der Waals surface area (Å²) in [5.74, 6) is 0. The maximum Gasteiger partial charge on any atom is 0.319 e. The van der Waals surface area contributed by atoms with Crippen LogP contribution in [0.4, 0.5) is 10.5 Å². The van der Waals surface area contributed by atoms with Crippen LogP contribution in [0.5, 0.6) is 0 Å². The van der Waals surface area contributed by atoms with Crippen molar-refractivity contribution in [1.82, 2.24) is 10.3 Å². The zero-order valence-corrected chi connectivity index (χ0v) is 11.2. The first-order chi connectivity index (χ1) is 9.08. The van der Waals surface area contributed by atoms with E-state index in [9.17, 15) is 4.79 Å². The molecule has 1 heterocycles. The molecule has 0 saturated heterocycles. The van der Waals surface area contributed by atoms with E-state index in [1.165, 1.54) is 0 Å². The summed E-state index contributed by atoms with van der Waals surface area (Å²) >= 11 is 0. The van der Waals surface area contributed by atoms with E-state index >= 15 is 0 Å². The van der Waals surface area contributed by atoms with E-state index in [2.05, 4.69) is 15.6 Å². The molecule has 1 atom stereocenters. The second kappa shape index (κ2) is 5.75. The van der Waals surface area contributed by atoms with Crippen LogP contribution in [-0.4, -0.2) is 28.8 Å².